The lowest BCUT2D eigenvalue weighted by Crippen LogP contribution is -2.28. The zero-order valence-corrected chi connectivity index (χ0v) is 23.6. The maximum Gasteiger partial charge on any atom is 0.217 e. The molecule has 0 aromatic heterocycles. The van der Waals surface area contributed by atoms with Gasteiger partial charge < -0.3 is 4.90 Å². The second kappa shape index (κ2) is 9.97. The van der Waals surface area contributed by atoms with Gasteiger partial charge in [0, 0.05) is 41.4 Å². The summed E-state index contributed by atoms with van der Waals surface area (Å²) in [7, 11) is 0. The normalized spacial score (nSPS) is 18.9. The maximum atomic E-state index is 2.61. The van der Waals surface area contributed by atoms with Crippen molar-refractivity contribution >= 4 is 27.9 Å². The molecule has 0 saturated heterocycles. The van der Waals surface area contributed by atoms with Gasteiger partial charge in [-0.3, -0.25) is 0 Å². The van der Waals surface area contributed by atoms with Gasteiger partial charge in [0.05, 0.1) is 10.8 Å². The maximum absolute atomic E-state index is 2.61. The Labute approximate surface area is 224 Å². The zero-order valence-electron chi connectivity index (χ0n) is 23.6. The first-order valence-electron chi connectivity index (χ1n) is 14.3. The Kier molecular flexibility index (Phi) is 6.88. The van der Waals surface area contributed by atoms with Gasteiger partial charge in [-0.2, -0.15) is 4.58 Å². The van der Waals surface area contributed by atoms with Crippen LogP contribution in [-0.4, -0.2) is 23.4 Å². The van der Waals surface area contributed by atoms with Gasteiger partial charge in [-0.1, -0.05) is 95.1 Å². The van der Waals surface area contributed by atoms with Gasteiger partial charge >= 0.3 is 0 Å². The lowest BCUT2D eigenvalue weighted by Gasteiger charge is -2.27. The molecule has 2 heteroatoms. The fourth-order valence-corrected chi connectivity index (χ4v) is 6.42. The van der Waals surface area contributed by atoms with E-state index in [1.807, 2.05) is 0 Å². The number of allylic oxidation sites excluding steroid dienone is 4. The lowest BCUT2D eigenvalue weighted by molar-refractivity contribution is -0.436. The van der Waals surface area contributed by atoms with E-state index in [4.69, 9.17) is 0 Å². The number of rotatable bonds is 8. The predicted molar refractivity (Wildman–Crippen MR) is 161 cm³/mol. The van der Waals surface area contributed by atoms with E-state index in [0.717, 1.165) is 13.1 Å². The molecule has 0 amide bonds. The number of hydrogen-bond acceptors (Lipinski definition) is 1. The van der Waals surface area contributed by atoms with Crippen molar-refractivity contribution in [3.63, 3.8) is 0 Å². The van der Waals surface area contributed by atoms with Crippen LogP contribution in [0, 0.1) is 0 Å². The van der Waals surface area contributed by atoms with Gasteiger partial charge in [-0.15, -0.1) is 0 Å². The number of hydrogen-bond donors (Lipinski definition) is 0. The smallest absolute Gasteiger partial charge is 0.217 e. The largest absolute Gasteiger partial charge is 0.344 e. The van der Waals surface area contributed by atoms with Gasteiger partial charge in [0.2, 0.25) is 5.69 Å². The van der Waals surface area contributed by atoms with Gasteiger partial charge in [0.15, 0.2) is 5.71 Å². The van der Waals surface area contributed by atoms with Crippen LogP contribution in [0.3, 0.4) is 0 Å². The average Bonchev–Trinajstić information content (AvgIpc) is 3.25. The van der Waals surface area contributed by atoms with E-state index in [9.17, 15) is 0 Å². The molecule has 0 aliphatic carbocycles. The van der Waals surface area contributed by atoms with Gasteiger partial charge in [-0.25, -0.2) is 0 Å². The van der Waals surface area contributed by atoms with E-state index in [1.54, 1.807) is 0 Å². The second-order valence-electron chi connectivity index (χ2n) is 11.8. The Balaban J connectivity index is 1.60. The molecule has 0 spiro atoms. The van der Waals surface area contributed by atoms with Crippen LogP contribution in [0.2, 0.25) is 0 Å². The molecule has 3 aromatic rings. The molecule has 0 atom stereocenters. The van der Waals surface area contributed by atoms with Crippen LogP contribution in [0.25, 0.3) is 10.8 Å². The highest BCUT2D eigenvalue weighted by molar-refractivity contribution is 6.07. The van der Waals surface area contributed by atoms with Gasteiger partial charge in [-0.05, 0) is 49.4 Å². The van der Waals surface area contributed by atoms with Crippen LogP contribution in [0.15, 0.2) is 84.6 Å². The van der Waals surface area contributed by atoms with E-state index in [0.29, 0.717) is 0 Å². The fraction of sp³-hybridized carbons (Fsp3) is 0.400. The predicted octanol–water partition coefficient (Wildman–Crippen LogP) is 9.05. The number of para-hydroxylation sites is 1. The standard InChI is InChI=1S/C35H43N2/c1-7-9-24-36-30-19-14-13-18-28(30)34(3,4)31(36)20-15-21-32-35(5,6)29-23-22-26-16-11-12-17-27(26)33(29)37(32)25-10-8-2/h11-23H,7-10,24-25H2,1-6H3/q+1. The minimum atomic E-state index is -0.0435. The average molecular weight is 492 g/mol. The number of nitrogens with zero attached hydrogens (tertiary/aromatic N) is 2. The molecule has 0 unspecified atom stereocenters. The molecular weight excluding hydrogens is 448 g/mol. The third-order valence-corrected chi connectivity index (χ3v) is 8.55. The highest BCUT2D eigenvalue weighted by Crippen LogP contribution is 2.48. The summed E-state index contributed by atoms with van der Waals surface area (Å²) in [5.74, 6) is 0. The monoisotopic (exact) mass is 491 g/mol. The highest BCUT2D eigenvalue weighted by atomic mass is 15.2. The van der Waals surface area contributed by atoms with Gasteiger partial charge in [0.1, 0.15) is 6.54 Å². The topological polar surface area (TPSA) is 6.25 Å². The molecule has 2 nitrogen and oxygen atoms in total. The summed E-state index contributed by atoms with van der Waals surface area (Å²) >= 11 is 0. The summed E-state index contributed by atoms with van der Waals surface area (Å²) in [5, 5.41) is 2.69. The van der Waals surface area contributed by atoms with Crippen LogP contribution in [0.4, 0.5) is 11.4 Å². The second-order valence-corrected chi connectivity index (χ2v) is 11.8. The van der Waals surface area contributed by atoms with Crippen molar-refractivity contribution in [3.05, 3.63) is 95.7 Å². The Morgan fingerprint density at radius 1 is 0.784 bits per heavy atom. The van der Waals surface area contributed by atoms with Gasteiger partial charge in [0.25, 0.3) is 0 Å². The Hall–Kier alpha value is -3.13. The van der Waals surface area contributed by atoms with Crippen molar-refractivity contribution < 1.29 is 4.58 Å². The van der Waals surface area contributed by atoms with Crippen LogP contribution < -0.4 is 4.90 Å². The Morgan fingerprint density at radius 3 is 2.30 bits per heavy atom. The first-order valence-corrected chi connectivity index (χ1v) is 14.3. The number of anilines is 1. The molecular formula is C35H43N2+. The molecule has 3 aromatic carbocycles. The highest BCUT2D eigenvalue weighted by Gasteiger charge is 2.45. The van der Waals surface area contributed by atoms with E-state index >= 15 is 0 Å². The molecule has 5 rings (SSSR count). The van der Waals surface area contributed by atoms with Crippen molar-refractivity contribution in [1.82, 2.24) is 0 Å². The third kappa shape index (κ3) is 4.25. The number of unbranched alkanes of at least 4 members (excludes halogenated alkanes) is 2. The fourth-order valence-electron chi connectivity index (χ4n) is 6.42. The first kappa shape index (κ1) is 25.5. The molecule has 0 bridgehead atoms. The quantitative estimate of drug-likeness (QED) is 0.285. The molecule has 37 heavy (non-hydrogen) atoms. The summed E-state index contributed by atoms with van der Waals surface area (Å²) in [4.78, 5) is 2.56. The van der Waals surface area contributed by atoms with Crippen molar-refractivity contribution in [2.75, 3.05) is 18.0 Å². The minimum Gasteiger partial charge on any atom is -0.344 e. The van der Waals surface area contributed by atoms with Crippen LogP contribution in [0.1, 0.15) is 78.4 Å². The van der Waals surface area contributed by atoms with E-state index < -0.39 is 0 Å². The molecule has 2 aliphatic rings. The van der Waals surface area contributed by atoms with Crippen molar-refractivity contribution in [3.8, 4) is 0 Å². The molecule has 2 aliphatic heterocycles. The van der Waals surface area contributed by atoms with Crippen LogP contribution in [0.5, 0.6) is 0 Å². The SMILES string of the molecule is CCCCN1C(=CC=CC2=[N+](CCCC)c3c(ccc4ccccc34)C2(C)C)C(C)(C)c2ccccc21. The molecule has 0 N–H and O–H groups in total. The van der Waals surface area contributed by atoms with E-state index in [1.165, 1.54) is 70.4 Å². The van der Waals surface area contributed by atoms with Crippen LogP contribution in [-0.2, 0) is 10.8 Å². The minimum absolute atomic E-state index is 0.00833. The summed E-state index contributed by atoms with van der Waals surface area (Å²) < 4.78 is 2.61. The van der Waals surface area contributed by atoms with Crippen molar-refractivity contribution in [2.45, 2.75) is 78.1 Å². The lowest BCUT2D eigenvalue weighted by atomic mass is 9.80. The first-order chi connectivity index (χ1) is 17.8. The van der Waals surface area contributed by atoms with E-state index in [2.05, 4.69) is 130 Å². The third-order valence-electron chi connectivity index (χ3n) is 8.55. The Morgan fingerprint density at radius 2 is 1.51 bits per heavy atom. The number of fused-ring (bicyclic) bond motifs is 4. The van der Waals surface area contributed by atoms with Crippen molar-refractivity contribution in [2.24, 2.45) is 0 Å². The molecule has 0 saturated carbocycles. The molecule has 0 radical (unpaired) electrons. The Bertz CT molecular complexity index is 1400. The number of benzene rings is 3. The summed E-state index contributed by atoms with van der Waals surface area (Å²) in [6, 6.07) is 22.5. The molecule has 0 fully saturated rings. The summed E-state index contributed by atoms with van der Waals surface area (Å²) in [5.41, 5.74) is 8.40. The van der Waals surface area contributed by atoms with E-state index in [-0.39, 0.29) is 10.8 Å². The zero-order chi connectivity index (χ0) is 26.2. The van der Waals surface area contributed by atoms with Crippen molar-refractivity contribution in [1.29, 1.82) is 0 Å². The summed E-state index contributed by atoms with van der Waals surface area (Å²) in [6.45, 7) is 16.2. The molecule has 2 heterocycles. The molecule has 192 valence electrons. The summed E-state index contributed by atoms with van der Waals surface area (Å²) in [6.07, 6.45) is 11.9. The van der Waals surface area contributed by atoms with Crippen LogP contribution >= 0.6 is 0 Å².